The molecule has 106 valence electrons. The van der Waals surface area contributed by atoms with Crippen molar-refractivity contribution in [1.82, 2.24) is 0 Å². The van der Waals surface area contributed by atoms with Gasteiger partial charge in [-0.15, -0.1) is 0 Å². The van der Waals surface area contributed by atoms with Crippen molar-refractivity contribution in [3.8, 4) is 5.75 Å². The highest BCUT2D eigenvalue weighted by Gasteiger charge is 2.12. The van der Waals surface area contributed by atoms with E-state index in [1.54, 1.807) is 0 Å². The zero-order chi connectivity index (χ0) is 14.1. The second kappa shape index (κ2) is 8.80. The van der Waals surface area contributed by atoms with Crippen molar-refractivity contribution >= 4 is 21.8 Å². The molecule has 1 rings (SSSR count). The lowest BCUT2D eigenvalue weighted by molar-refractivity contribution is 0.302. The van der Waals surface area contributed by atoms with Crippen LogP contribution in [0.2, 0.25) is 0 Å². The fraction of sp³-hybridized carbons (Fsp3) is 0.500. The zero-order valence-corrected chi connectivity index (χ0v) is 12.8. The van der Waals surface area contributed by atoms with Gasteiger partial charge in [-0.05, 0) is 34.5 Å². The monoisotopic (exact) mass is 328 g/mol. The first-order chi connectivity index (χ1) is 9.20. The van der Waals surface area contributed by atoms with Gasteiger partial charge in [0.1, 0.15) is 5.75 Å². The molecule has 0 radical (unpaired) electrons. The van der Waals surface area contributed by atoms with Gasteiger partial charge < -0.3 is 15.7 Å². The Morgan fingerprint density at radius 1 is 1.32 bits per heavy atom. The molecular formula is C14H21BrN2O2. The number of oxime groups is 1. The van der Waals surface area contributed by atoms with Gasteiger partial charge in [-0.2, -0.15) is 0 Å². The van der Waals surface area contributed by atoms with Crippen molar-refractivity contribution in [2.45, 2.75) is 39.0 Å². The van der Waals surface area contributed by atoms with Gasteiger partial charge in [-0.25, -0.2) is 0 Å². The molecular weight excluding hydrogens is 308 g/mol. The SMILES string of the molecule is CCCCCCCOc1cccc(Br)c1/C(N)=N/O. The van der Waals surface area contributed by atoms with Crippen molar-refractivity contribution in [3.63, 3.8) is 0 Å². The summed E-state index contributed by atoms with van der Waals surface area (Å²) in [5, 5.41) is 11.8. The first-order valence-corrected chi connectivity index (χ1v) is 7.39. The fourth-order valence-corrected chi connectivity index (χ4v) is 2.36. The summed E-state index contributed by atoms with van der Waals surface area (Å²) in [4.78, 5) is 0. The highest BCUT2D eigenvalue weighted by molar-refractivity contribution is 9.10. The lowest BCUT2D eigenvalue weighted by atomic mass is 10.1. The van der Waals surface area contributed by atoms with E-state index in [1.807, 2.05) is 18.2 Å². The molecule has 0 saturated heterocycles. The van der Waals surface area contributed by atoms with Crippen LogP contribution in [-0.4, -0.2) is 17.6 Å². The number of amidine groups is 1. The van der Waals surface area contributed by atoms with Crippen LogP contribution in [0.1, 0.15) is 44.6 Å². The van der Waals surface area contributed by atoms with E-state index in [9.17, 15) is 0 Å². The number of hydrogen-bond acceptors (Lipinski definition) is 3. The quantitative estimate of drug-likeness (QED) is 0.250. The second-order valence-electron chi connectivity index (χ2n) is 4.36. The Morgan fingerprint density at radius 3 is 2.74 bits per heavy atom. The molecule has 0 aromatic heterocycles. The van der Waals surface area contributed by atoms with E-state index in [0.717, 1.165) is 10.9 Å². The minimum absolute atomic E-state index is 0.0495. The molecule has 0 fully saturated rings. The van der Waals surface area contributed by atoms with Crippen LogP contribution < -0.4 is 10.5 Å². The van der Waals surface area contributed by atoms with E-state index in [-0.39, 0.29) is 5.84 Å². The lowest BCUT2D eigenvalue weighted by Crippen LogP contribution is -2.16. The van der Waals surface area contributed by atoms with Gasteiger partial charge in [0.2, 0.25) is 0 Å². The maximum atomic E-state index is 8.79. The molecule has 0 spiro atoms. The van der Waals surface area contributed by atoms with Crippen molar-refractivity contribution in [3.05, 3.63) is 28.2 Å². The first-order valence-electron chi connectivity index (χ1n) is 6.60. The molecule has 1 aromatic carbocycles. The number of benzene rings is 1. The molecule has 3 N–H and O–H groups in total. The van der Waals surface area contributed by atoms with Crippen LogP contribution in [0.3, 0.4) is 0 Å². The summed E-state index contributed by atoms with van der Waals surface area (Å²) in [7, 11) is 0. The molecule has 0 atom stereocenters. The zero-order valence-electron chi connectivity index (χ0n) is 11.2. The highest BCUT2D eigenvalue weighted by atomic mass is 79.9. The van der Waals surface area contributed by atoms with E-state index < -0.39 is 0 Å². The Kier molecular flexibility index (Phi) is 7.33. The van der Waals surface area contributed by atoms with E-state index in [4.69, 9.17) is 15.7 Å². The van der Waals surface area contributed by atoms with Crippen molar-refractivity contribution < 1.29 is 9.94 Å². The average molecular weight is 329 g/mol. The second-order valence-corrected chi connectivity index (χ2v) is 5.22. The van der Waals surface area contributed by atoms with Gasteiger partial charge in [0.05, 0.1) is 12.2 Å². The third kappa shape index (κ3) is 5.11. The summed E-state index contributed by atoms with van der Waals surface area (Å²) in [6.07, 6.45) is 5.93. The van der Waals surface area contributed by atoms with Gasteiger partial charge in [-0.3, -0.25) is 0 Å². The molecule has 0 saturated carbocycles. The van der Waals surface area contributed by atoms with Crippen molar-refractivity contribution in [2.75, 3.05) is 6.61 Å². The third-order valence-corrected chi connectivity index (χ3v) is 3.51. The summed E-state index contributed by atoms with van der Waals surface area (Å²) in [5.74, 6) is 0.689. The average Bonchev–Trinajstić information content (AvgIpc) is 2.42. The molecule has 4 nitrogen and oxygen atoms in total. The number of hydrogen-bond donors (Lipinski definition) is 2. The maximum Gasteiger partial charge on any atom is 0.174 e. The van der Waals surface area contributed by atoms with Crippen LogP contribution in [-0.2, 0) is 0 Å². The molecule has 1 aromatic rings. The molecule has 5 heteroatoms. The van der Waals surface area contributed by atoms with Crippen LogP contribution >= 0.6 is 15.9 Å². The molecule has 19 heavy (non-hydrogen) atoms. The number of nitrogens with zero attached hydrogens (tertiary/aromatic N) is 1. The van der Waals surface area contributed by atoms with Gasteiger partial charge >= 0.3 is 0 Å². The standard InChI is InChI=1S/C14H21BrN2O2/c1-2-3-4-5-6-10-19-12-9-7-8-11(15)13(12)14(16)17-18/h7-9,18H,2-6,10H2,1H3,(H2,16,17). The predicted octanol–water partition coefficient (Wildman–Crippen LogP) is 3.89. The number of ether oxygens (including phenoxy) is 1. The number of nitrogens with two attached hydrogens (primary N) is 1. The Morgan fingerprint density at radius 2 is 2.05 bits per heavy atom. The van der Waals surface area contributed by atoms with E-state index in [0.29, 0.717) is 17.9 Å². The molecule has 0 heterocycles. The van der Waals surface area contributed by atoms with Gasteiger partial charge in [0, 0.05) is 4.47 Å². The van der Waals surface area contributed by atoms with E-state index in [2.05, 4.69) is 28.0 Å². The van der Waals surface area contributed by atoms with Crippen LogP contribution in [0.5, 0.6) is 5.75 Å². The predicted molar refractivity (Wildman–Crippen MR) is 80.9 cm³/mol. The smallest absolute Gasteiger partial charge is 0.174 e. The molecule has 0 aliphatic rings. The lowest BCUT2D eigenvalue weighted by Gasteiger charge is -2.12. The third-order valence-electron chi connectivity index (χ3n) is 2.84. The first kappa shape index (κ1) is 15.8. The number of rotatable bonds is 8. The van der Waals surface area contributed by atoms with Crippen LogP contribution in [0.25, 0.3) is 0 Å². The Bertz CT molecular complexity index is 422. The minimum Gasteiger partial charge on any atom is -0.493 e. The Balaban J connectivity index is 2.56. The molecule has 0 unspecified atom stereocenters. The largest absolute Gasteiger partial charge is 0.493 e. The van der Waals surface area contributed by atoms with E-state index in [1.165, 1.54) is 25.7 Å². The minimum atomic E-state index is 0.0495. The Labute approximate surface area is 122 Å². The van der Waals surface area contributed by atoms with Gasteiger partial charge in [0.15, 0.2) is 5.84 Å². The van der Waals surface area contributed by atoms with Crippen LogP contribution in [0.4, 0.5) is 0 Å². The van der Waals surface area contributed by atoms with Crippen molar-refractivity contribution in [1.29, 1.82) is 0 Å². The van der Waals surface area contributed by atoms with Crippen molar-refractivity contribution in [2.24, 2.45) is 10.9 Å². The fourth-order valence-electron chi connectivity index (χ4n) is 1.81. The molecule has 0 bridgehead atoms. The van der Waals surface area contributed by atoms with E-state index >= 15 is 0 Å². The number of unbranched alkanes of at least 4 members (excludes halogenated alkanes) is 4. The summed E-state index contributed by atoms with van der Waals surface area (Å²) in [5.41, 5.74) is 6.25. The number of halogens is 1. The summed E-state index contributed by atoms with van der Waals surface area (Å²) >= 11 is 3.38. The topological polar surface area (TPSA) is 67.8 Å². The Hall–Kier alpha value is -1.23. The molecule has 0 amide bonds. The van der Waals surface area contributed by atoms with Gasteiger partial charge in [-0.1, -0.05) is 43.8 Å². The van der Waals surface area contributed by atoms with Crippen LogP contribution in [0.15, 0.2) is 27.8 Å². The summed E-state index contributed by atoms with van der Waals surface area (Å²) < 4.78 is 6.48. The molecule has 0 aliphatic carbocycles. The highest BCUT2D eigenvalue weighted by Crippen LogP contribution is 2.26. The van der Waals surface area contributed by atoms with Gasteiger partial charge in [0.25, 0.3) is 0 Å². The molecule has 0 aliphatic heterocycles. The summed E-state index contributed by atoms with van der Waals surface area (Å²) in [6.45, 7) is 2.84. The summed E-state index contributed by atoms with van der Waals surface area (Å²) in [6, 6.07) is 5.52. The normalized spacial score (nSPS) is 11.6. The van der Waals surface area contributed by atoms with Crippen LogP contribution in [0, 0.1) is 0 Å². The maximum absolute atomic E-state index is 8.79.